The summed E-state index contributed by atoms with van der Waals surface area (Å²) in [4.78, 5) is 11.7. The molecular formula is C11H12FNO. The van der Waals surface area contributed by atoms with E-state index >= 15 is 0 Å². The Kier molecular flexibility index (Phi) is 3.40. The van der Waals surface area contributed by atoms with Crippen LogP contribution >= 0.6 is 0 Å². The van der Waals surface area contributed by atoms with Crippen molar-refractivity contribution in [1.29, 1.82) is 0 Å². The highest BCUT2D eigenvalue weighted by atomic mass is 19.1. The summed E-state index contributed by atoms with van der Waals surface area (Å²) in [5, 5.41) is 0. The molecule has 1 aromatic rings. The highest BCUT2D eigenvalue weighted by Gasteiger charge is 2.03. The molecule has 0 aliphatic rings. The number of hydrogen-bond acceptors (Lipinski definition) is 2. The third-order valence-electron chi connectivity index (χ3n) is 1.82. The van der Waals surface area contributed by atoms with E-state index in [1.165, 1.54) is 12.1 Å². The van der Waals surface area contributed by atoms with Crippen molar-refractivity contribution in [3.63, 3.8) is 0 Å². The van der Waals surface area contributed by atoms with Crippen molar-refractivity contribution in [2.75, 3.05) is 19.0 Å². The lowest BCUT2D eigenvalue weighted by molar-refractivity contribution is -0.104. The van der Waals surface area contributed by atoms with Crippen molar-refractivity contribution in [3.05, 3.63) is 35.7 Å². The minimum atomic E-state index is -0.289. The van der Waals surface area contributed by atoms with Crippen LogP contribution in [-0.2, 0) is 4.79 Å². The fourth-order valence-electron chi connectivity index (χ4n) is 1.14. The van der Waals surface area contributed by atoms with E-state index in [1.54, 1.807) is 37.2 Å². The van der Waals surface area contributed by atoms with Crippen LogP contribution < -0.4 is 4.90 Å². The fraction of sp³-hybridized carbons (Fsp3) is 0.182. The number of benzene rings is 1. The summed E-state index contributed by atoms with van der Waals surface area (Å²) >= 11 is 0. The van der Waals surface area contributed by atoms with Crippen molar-refractivity contribution >= 4 is 18.0 Å². The molecule has 3 heteroatoms. The van der Waals surface area contributed by atoms with Gasteiger partial charge in [-0.2, -0.15) is 0 Å². The summed E-state index contributed by atoms with van der Waals surface area (Å²) in [5.41, 5.74) is 1.22. The normalized spacial score (nSPS) is 10.5. The van der Waals surface area contributed by atoms with Gasteiger partial charge in [0.15, 0.2) is 0 Å². The number of allylic oxidation sites excluding steroid dienone is 1. The molecule has 0 fully saturated rings. The average Bonchev–Trinajstić information content (AvgIpc) is 2.14. The molecule has 1 rings (SSSR count). The largest absolute Gasteiger partial charge is 0.375 e. The Morgan fingerprint density at radius 3 is 2.57 bits per heavy atom. The van der Waals surface area contributed by atoms with Crippen molar-refractivity contribution in [3.8, 4) is 0 Å². The molecule has 0 saturated carbocycles. The number of anilines is 1. The van der Waals surface area contributed by atoms with Crippen molar-refractivity contribution in [2.45, 2.75) is 0 Å². The van der Waals surface area contributed by atoms with E-state index in [0.717, 1.165) is 0 Å². The summed E-state index contributed by atoms with van der Waals surface area (Å²) in [6.45, 7) is 0. The van der Waals surface area contributed by atoms with Gasteiger partial charge in [-0.05, 0) is 23.8 Å². The van der Waals surface area contributed by atoms with E-state index in [2.05, 4.69) is 0 Å². The number of carbonyl (C=O) groups excluding carboxylic acids is 1. The zero-order valence-electron chi connectivity index (χ0n) is 8.20. The van der Waals surface area contributed by atoms with E-state index in [4.69, 9.17) is 0 Å². The van der Waals surface area contributed by atoms with Crippen LogP contribution in [0.1, 0.15) is 5.56 Å². The van der Waals surface area contributed by atoms with Crippen LogP contribution in [0.4, 0.5) is 10.1 Å². The Labute approximate surface area is 82.7 Å². The quantitative estimate of drug-likeness (QED) is 0.541. The summed E-state index contributed by atoms with van der Waals surface area (Å²) < 4.78 is 13.4. The first-order valence-corrected chi connectivity index (χ1v) is 4.24. The van der Waals surface area contributed by atoms with E-state index < -0.39 is 0 Å². The Hall–Kier alpha value is -1.64. The van der Waals surface area contributed by atoms with Gasteiger partial charge in [0.05, 0.1) is 5.69 Å². The smallest absolute Gasteiger partial charge is 0.147 e. The summed E-state index contributed by atoms with van der Waals surface area (Å²) in [7, 11) is 3.55. The topological polar surface area (TPSA) is 20.3 Å². The van der Waals surface area contributed by atoms with Gasteiger partial charge >= 0.3 is 0 Å². The molecule has 0 aromatic heterocycles. The van der Waals surface area contributed by atoms with E-state index in [0.29, 0.717) is 17.5 Å². The van der Waals surface area contributed by atoms with Crippen LogP contribution in [-0.4, -0.2) is 20.4 Å². The minimum absolute atomic E-state index is 0.289. The number of halogens is 1. The standard InChI is InChI=1S/C11H12FNO/c1-13(2)11-6-5-9(4-3-7-14)8-10(11)12/h3-8H,1-2H3/b4-3+. The number of hydrogen-bond donors (Lipinski definition) is 0. The molecule has 1 aromatic carbocycles. The van der Waals surface area contributed by atoms with Crippen molar-refractivity contribution in [1.82, 2.24) is 0 Å². The molecule has 0 aliphatic heterocycles. The van der Waals surface area contributed by atoms with Gasteiger partial charge in [0.25, 0.3) is 0 Å². The molecule has 0 unspecified atom stereocenters. The highest BCUT2D eigenvalue weighted by molar-refractivity contribution is 5.74. The number of aldehydes is 1. The second-order valence-electron chi connectivity index (χ2n) is 3.10. The van der Waals surface area contributed by atoms with Crippen molar-refractivity contribution < 1.29 is 9.18 Å². The van der Waals surface area contributed by atoms with Crippen LogP contribution in [0.15, 0.2) is 24.3 Å². The van der Waals surface area contributed by atoms with Crippen molar-refractivity contribution in [2.24, 2.45) is 0 Å². The molecule has 74 valence electrons. The van der Waals surface area contributed by atoms with Gasteiger partial charge in [0, 0.05) is 14.1 Å². The molecule has 0 amide bonds. The fourth-order valence-corrected chi connectivity index (χ4v) is 1.14. The molecule has 0 saturated heterocycles. The molecule has 0 aliphatic carbocycles. The van der Waals surface area contributed by atoms with Gasteiger partial charge in [-0.1, -0.05) is 12.1 Å². The third-order valence-corrected chi connectivity index (χ3v) is 1.82. The van der Waals surface area contributed by atoms with Gasteiger partial charge in [-0.25, -0.2) is 4.39 Å². The van der Waals surface area contributed by atoms with Gasteiger partial charge < -0.3 is 4.90 Å². The van der Waals surface area contributed by atoms with Gasteiger partial charge in [-0.3, -0.25) is 4.79 Å². The lowest BCUT2D eigenvalue weighted by Crippen LogP contribution is -2.10. The first-order chi connectivity index (χ1) is 6.65. The summed E-state index contributed by atoms with van der Waals surface area (Å²) in [5.74, 6) is -0.289. The Bertz CT molecular complexity index is 358. The SMILES string of the molecule is CN(C)c1ccc(/C=C/C=O)cc1F. The predicted molar refractivity (Wildman–Crippen MR) is 55.8 cm³/mol. The maximum atomic E-state index is 13.4. The van der Waals surface area contributed by atoms with E-state index in [9.17, 15) is 9.18 Å². The molecular weight excluding hydrogens is 181 g/mol. The Morgan fingerprint density at radius 1 is 1.36 bits per heavy atom. The molecule has 0 N–H and O–H groups in total. The maximum Gasteiger partial charge on any atom is 0.147 e. The number of rotatable bonds is 3. The van der Waals surface area contributed by atoms with Crippen LogP contribution in [0.5, 0.6) is 0 Å². The van der Waals surface area contributed by atoms with E-state index in [-0.39, 0.29) is 5.82 Å². The monoisotopic (exact) mass is 193 g/mol. The maximum absolute atomic E-state index is 13.4. The minimum Gasteiger partial charge on any atom is -0.375 e. The molecule has 0 radical (unpaired) electrons. The predicted octanol–water partition coefficient (Wildman–Crippen LogP) is 2.10. The van der Waals surface area contributed by atoms with Crippen LogP contribution in [0.2, 0.25) is 0 Å². The zero-order valence-corrected chi connectivity index (χ0v) is 8.20. The summed E-state index contributed by atoms with van der Waals surface area (Å²) in [6, 6.07) is 4.84. The molecule has 0 bridgehead atoms. The number of carbonyl (C=O) groups is 1. The van der Waals surface area contributed by atoms with Crippen LogP contribution in [0.3, 0.4) is 0 Å². The molecule has 2 nitrogen and oxygen atoms in total. The lowest BCUT2D eigenvalue weighted by Gasteiger charge is -2.13. The first kappa shape index (κ1) is 10.4. The van der Waals surface area contributed by atoms with Gasteiger partial charge in [0.2, 0.25) is 0 Å². The second kappa shape index (κ2) is 4.56. The average molecular weight is 193 g/mol. The van der Waals surface area contributed by atoms with Gasteiger partial charge in [0.1, 0.15) is 12.1 Å². The Balaban J connectivity index is 3.00. The molecule has 0 atom stereocenters. The first-order valence-electron chi connectivity index (χ1n) is 4.24. The number of nitrogens with zero attached hydrogens (tertiary/aromatic N) is 1. The lowest BCUT2D eigenvalue weighted by atomic mass is 10.2. The zero-order chi connectivity index (χ0) is 10.6. The van der Waals surface area contributed by atoms with Crippen LogP contribution in [0, 0.1) is 5.82 Å². The second-order valence-corrected chi connectivity index (χ2v) is 3.10. The highest BCUT2D eigenvalue weighted by Crippen LogP contribution is 2.18. The van der Waals surface area contributed by atoms with E-state index in [1.807, 2.05) is 0 Å². The third kappa shape index (κ3) is 2.42. The van der Waals surface area contributed by atoms with Crippen LogP contribution in [0.25, 0.3) is 6.08 Å². The Morgan fingerprint density at radius 2 is 2.07 bits per heavy atom. The molecule has 0 heterocycles. The van der Waals surface area contributed by atoms with Gasteiger partial charge in [-0.15, -0.1) is 0 Å². The molecule has 0 spiro atoms. The summed E-state index contributed by atoms with van der Waals surface area (Å²) in [6.07, 6.45) is 3.57. The molecule has 14 heavy (non-hydrogen) atoms.